The van der Waals surface area contributed by atoms with Gasteiger partial charge < -0.3 is 0 Å². The first-order valence-electron chi connectivity index (χ1n) is 6.43. The van der Waals surface area contributed by atoms with Gasteiger partial charge in [0.25, 0.3) is 0 Å². The predicted octanol–water partition coefficient (Wildman–Crippen LogP) is 4.90. The van der Waals surface area contributed by atoms with Crippen molar-refractivity contribution < 1.29 is 0 Å². The zero-order valence-electron chi connectivity index (χ0n) is 10.5. The summed E-state index contributed by atoms with van der Waals surface area (Å²) in [6.07, 6.45) is 3.68. The minimum absolute atomic E-state index is 0.568. The van der Waals surface area contributed by atoms with Gasteiger partial charge in [-0.1, -0.05) is 54.9 Å². The van der Waals surface area contributed by atoms with Crippen molar-refractivity contribution in [2.24, 2.45) is 11.8 Å². The molecule has 0 N–H and O–H groups in total. The molecule has 1 aromatic carbocycles. The molecule has 3 unspecified atom stereocenters. The van der Waals surface area contributed by atoms with E-state index in [0.29, 0.717) is 4.83 Å². The molecular formula is C15H21Br. The van der Waals surface area contributed by atoms with Gasteiger partial charge in [0, 0.05) is 4.83 Å². The van der Waals surface area contributed by atoms with E-state index in [-0.39, 0.29) is 0 Å². The molecule has 0 saturated heterocycles. The third-order valence-corrected chi connectivity index (χ3v) is 5.07. The minimum atomic E-state index is 0.568. The average molecular weight is 281 g/mol. The fourth-order valence-electron chi connectivity index (χ4n) is 2.50. The maximum atomic E-state index is 3.86. The molecule has 1 heteroatoms. The predicted molar refractivity (Wildman–Crippen MR) is 74.1 cm³/mol. The molecule has 88 valence electrons. The molecule has 3 atom stereocenters. The Hall–Kier alpha value is -0.300. The third kappa shape index (κ3) is 2.34. The normalized spacial score (nSPS) is 25.5. The molecule has 1 fully saturated rings. The van der Waals surface area contributed by atoms with Crippen LogP contribution in [-0.2, 0) is 12.8 Å². The summed E-state index contributed by atoms with van der Waals surface area (Å²) in [6, 6.07) is 7.03. The Balaban J connectivity index is 2.21. The van der Waals surface area contributed by atoms with Crippen molar-refractivity contribution in [2.45, 2.75) is 44.9 Å². The number of aryl methyl sites for hydroxylation is 2. The van der Waals surface area contributed by atoms with E-state index in [2.05, 4.69) is 54.9 Å². The van der Waals surface area contributed by atoms with Crippen molar-refractivity contribution in [1.29, 1.82) is 0 Å². The highest BCUT2D eigenvalue weighted by Gasteiger charge is 2.38. The quantitative estimate of drug-likeness (QED) is 0.688. The highest BCUT2D eigenvalue weighted by atomic mass is 79.9. The first kappa shape index (κ1) is 12.2. The molecule has 1 saturated carbocycles. The highest BCUT2D eigenvalue weighted by Crippen LogP contribution is 2.51. The molecule has 0 amide bonds. The highest BCUT2D eigenvalue weighted by molar-refractivity contribution is 9.09. The molecule has 1 aliphatic rings. The summed E-state index contributed by atoms with van der Waals surface area (Å²) in [5.74, 6) is 1.76. The zero-order chi connectivity index (χ0) is 11.7. The van der Waals surface area contributed by atoms with Gasteiger partial charge in [0.05, 0.1) is 0 Å². The van der Waals surface area contributed by atoms with Crippen molar-refractivity contribution in [2.75, 3.05) is 0 Å². The van der Waals surface area contributed by atoms with Crippen LogP contribution in [0.2, 0.25) is 0 Å². The van der Waals surface area contributed by atoms with Crippen molar-refractivity contribution in [1.82, 2.24) is 0 Å². The lowest BCUT2D eigenvalue weighted by Gasteiger charge is -2.13. The summed E-state index contributed by atoms with van der Waals surface area (Å²) in [7, 11) is 0. The second-order valence-corrected chi connectivity index (χ2v) is 6.00. The van der Waals surface area contributed by atoms with Gasteiger partial charge in [0.15, 0.2) is 0 Å². The van der Waals surface area contributed by atoms with Crippen LogP contribution < -0.4 is 0 Å². The lowest BCUT2D eigenvalue weighted by atomic mass is 9.97. The number of hydrogen-bond acceptors (Lipinski definition) is 0. The van der Waals surface area contributed by atoms with Gasteiger partial charge in [-0.15, -0.1) is 0 Å². The molecule has 0 bridgehead atoms. The smallest absolute Gasteiger partial charge is 0.0426 e. The molecule has 1 aliphatic carbocycles. The van der Waals surface area contributed by atoms with Gasteiger partial charge in [0.1, 0.15) is 0 Å². The van der Waals surface area contributed by atoms with Crippen LogP contribution in [0.15, 0.2) is 18.2 Å². The first-order chi connectivity index (χ1) is 7.67. The van der Waals surface area contributed by atoms with E-state index in [1.807, 2.05) is 0 Å². The van der Waals surface area contributed by atoms with E-state index in [9.17, 15) is 0 Å². The van der Waals surface area contributed by atoms with Crippen LogP contribution in [0, 0.1) is 11.8 Å². The number of halogens is 1. The SMILES string of the molecule is CCc1ccc(C(Br)C2CC2C)cc1CC. The van der Waals surface area contributed by atoms with Crippen LogP contribution in [0.25, 0.3) is 0 Å². The number of alkyl halides is 1. The topological polar surface area (TPSA) is 0 Å². The molecule has 0 aromatic heterocycles. The fraction of sp³-hybridized carbons (Fsp3) is 0.600. The monoisotopic (exact) mass is 280 g/mol. The van der Waals surface area contributed by atoms with E-state index in [4.69, 9.17) is 0 Å². The van der Waals surface area contributed by atoms with Crippen LogP contribution in [0.4, 0.5) is 0 Å². The van der Waals surface area contributed by atoms with Crippen LogP contribution in [0.1, 0.15) is 48.7 Å². The molecule has 0 spiro atoms. The van der Waals surface area contributed by atoms with E-state index >= 15 is 0 Å². The van der Waals surface area contributed by atoms with E-state index in [0.717, 1.165) is 24.7 Å². The summed E-state index contributed by atoms with van der Waals surface area (Å²) in [5.41, 5.74) is 4.51. The first-order valence-corrected chi connectivity index (χ1v) is 7.34. The van der Waals surface area contributed by atoms with Crippen LogP contribution >= 0.6 is 15.9 Å². The van der Waals surface area contributed by atoms with Crippen molar-refractivity contribution in [3.05, 3.63) is 34.9 Å². The summed E-state index contributed by atoms with van der Waals surface area (Å²) < 4.78 is 0. The number of hydrogen-bond donors (Lipinski definition) is 0. The lowest BCUT2D eigenvalue weighted by Crippen LogP contribution is -1.98. The average Bonchev–Trinajstić information content (AvgIpc) is 3.04. The van der Waals surface area contributed by atoms with Crippen molar-refractivity contribution in [3.8, 4) is 0 Å². The fourth-order valence-corrected chi connectivity index (χ4v) is 3.52. The Bertz CT molecular complexity index is 370. The van der Waals surface area contributed by atoms with E-state index < -0.39 is 0 Å². The van der Waals surface area contributed by atoms with Gasteiger partial charge in [0.2, 0.25) is 0 Å². The largest absolute Gasteiger partial charge is 0.0836 e. The second-order valence-electron chi connectivity index (χ2n) is 5.01. The second kappa shape index (κ2) is 4.91. The molecule has 0 radical (unpaired) electrons. The minimum Gasteiger partial charge on any atom is -0.0836 e. The van der Waals surface area contributed by atoms with Gasteiger partial charge in [-0.3, -0.25) is 0 Å². The molecule has 16 heavy (non-hydrogen) atoms. The lowest BCUT2D eigenvalue weighted by molar-refractivity contribution is 0.739. The number of benzene rings is 1. The Morgan fingerprint density at radius 1 is 1.25 bits per heavy atom. The molecule has 1 aromatic rings. The van der Waals surface area contributed by atoms with Crippen molar-refractivity contribution >= 4 is 15.9 Å². The molecule has 2 rings (SSSR count). The Kier molecular flexibility index (Phi) is 3.73. The van der Waals surface area contributed by atoms with Gasteiger partial charge >= 0.3 is 0 Å². The molecular weight excluding hydrogens is 260 g/mol. The van der Waals surface area contributed by atoms with Crippen LogP contribution in [-0.4, -0.2) is 0 Å². The van der Waals surface area contributed by atoms with Crippen molar-refractivity contribution in [3.63, 3.8) is 0 Å². The zero-order valence-corrected chi connectivity index (χ0v) is 12.0. The van der Waals surface area contributed by atoms with E-state index in [1.165, 1.54) is 23.1 Å². The maximum absolute atomic E-state index is 3.86. The molecule has 0 nitrogen and oxygen atoms in total. The summed E-state index contributed by atoms with van der Waals surface area (Å²) in [6.45, 7) is 6.84. The third-order valence-electron chi connectivity index (χ3n) is 3.86. The molecule has 0 aliphatic heterocycles. The summed E-state index contributed by atoms with van der Waals surface area (Å²) in [4.78, 5) is 0.568. The standard InChI is InChI=1S/C15H21Br/c1-4-11-6-7-13(9-12(11)5-2)15(16)14-8-10(14)3/h6-7,9-10,14-15H,4-5,8H2,1-3H3. The van der Waals surface area contributed by atoms with Crippen LogP contribution in [0.5, 0.6) is 0 Å². The Morgan fingerprint density at radius 2 is 1.88 bits per heavy atom. The maximum Gasteiger partial charge on any atom is 0.0426 e. The van der Waals surface area contributed by atoms with Gasteiger partial charge in [-0.05, 0) is 47.8 Å². The Labute approximate surface area is 108 Å². The van der Waals surface area contributed by atoms with Gasteiger partial charge in [-0.25, -0.2) is 0 Å². The van der Waals surface area contributed by atoms with Crippen LogP contribution in [0.3, 0.4) is 0 Å². The Morgan fingerprint density at radius 3 is 2.38 bits per heavy atom. The van der Waals surface area contributed by atoms with Gasteiger partial charge in [-0.2, -0.15) is 0 Å². The molecule has 0 heterocycles. The number of rotatable bonds is 4. The summed E-state index contributed by atoms with van der Waals surface area (Å²) >= 11 is 3.86. The van der Waals surface area contributed by atoms with E-state index in [1.54, 1.807) is 0 Å². The summed E-state index contributed by atoms with van der Waals surface area (Å²) in [5, 5.41) is 0.